The third-order valence-corrected chi connectivity index (χ3v) is 3.02. The standard InChI is InChI=1S/C12H13NO2S/c1-14-10-3-2-4-11(5-10)15-6-9-7-16-8-12(9)13/h2-5,7-8H,6,13H2,1H3. The van der Waals surface area contributed by atoms with Gasteiger partial charge in [0.1, 0.15) is 18.1 Å². The molecule has 0 unspecified atom stereocenters. The van der Waals surface area contributed by atoms with Crippen LogP contribution in [0.15, 0.2) is 35.0 Å². The molecule has 0 amide bonds. The second kappa shape index (κ2) is 4.90. The van der Waals surface area contributed by atoms with E-state index in [1.165, 1.54) is 0 Å². The highest BCUT2D eigenvalue weighted by molar-refractivity contribution is 7.08. The lowest BCUT2D eigenvalue weighted by molar-refractivity contribution is 0.305. The number of anilines is 1. The Bertz CT molecular complexity index is 468. The van der Waals surface area contributed by atoms with E-state index in [4.69, 9.17) is 15.2 Å². The van der Waals surface area contributed by atoms with E-state index >= 15 is 0 Å². The molecule has 84 valence electrons. The normalized spacial score (nSPS) is 10.1. The number of hydrogen-bond acceptors (Lipinski definition) is 4. The maximum atomic E-state index is 5.77. The minimum absolute atomic E-state index is 0.489. The van der Waals surface area contributed by atoms with E-state index in [2.05, 4.69) is 0 Å². The van der Waals surface area contributed by atoms with Gasteiger partial charge in [-0.05, 0) is 17.5 Å². The summed E-state index contributed by atoms with van der Waals surface area (Å²) in [6.07, 6.45) is 0. The fourth-order valence-corrected chi connectivity index (χ4v) is 2.04. The Balaban J connectivity index is 2.02. The molecule has 0 saturated heterocycles. The number of rotatable bonds is 4. The molecule has 1 heterocycles. The van der Waals surface area contributed by atoms with Crippen LogP contribution in [-0.2, 0) is 6.61 Å². The number of nitrogens with two attached hydrogens (primary N) is 1. The van der Waals surface area contributed by atoms with E-state index in [1.807, 2.05) is 35.0 Å². The third-order valence-electron chi connectivity index (χ3n) is 2.21. The summed E-state index contributed by atoms with van der Waals surface area (Å²) in [5, 5.41) is 3.90. The summed E-state index contributed by atoms with van der Waals surface area (Å²) < 4.78 is 10.7. The van der Waals surface area contributed by atoms with Gasteiger partial charge in [0.2, 0.25) is 0 Å². The molecule has 1 aromatic heterocycles. The first-order valence-corrected chi connectivity index (χ1v) is 5.81. The monoisotopic (exact) mass is 235 g/mol. The Kier molecular flexibility index (Phi) is 3.31. The second-order valence-corrected chi connectivity index (χ2v) is 4.06. The number of thiophene rings is 1. The van der Waals surface area contributed by atoms with Gasteiger partial charge in [-0.3, -0.25) is 0 Å². The molecular weight excluding hydrogens is 222 g/mol. The molecule has 0 spiro atoms. The quantitative estimate of drug-likeness (QED) is 0.886. The van der Waals surface area contributed by atoms with Gasteiger partial charge in [-0.15, -0.1) is 11.3 Å². The van der Waals surface area contributed by atoms with Crippen LogP contribution in [0.25, 0.3) is 0 Å². The molecular formula is C12H13NO2S. The number of ether oxygens (including phenoxy) is 2. The van der Waals surface area contributed by atoms with Gasteiger partial charge in [0.05, 0.1) is 7.11 Å². The highest BCUT2D eigenvalue weighted by Gasteiger charge is 2.02. The van der Waals surface area contributed by atoms with Crippen molar-refractivity contribution in [3.63, 3.8) is 0 Å². The van der Waals surface area contributed by atoms with Gasteiger partial charge in [-0.2, -0.15) is 0 Å². The fraction of sp³-hybridized carbons (Fsp3) is 0.167. The molecule has 1 aromatic carbocycles. The molecule has 0 radical (unpaired) electrons. The van der Waals surface area contributed by atoms with Gasteiger partial charge >= 0.3 is 0 Å². The summed E-state index contributed by atoms with van der Waals surface area (Å²) in [7, 11) is 1.63. The van der Waals surface area contributed by atoms with Crippen LogP contribution in [0.3, 0.4) is 0 Å². The van der Waals surface area contributed by atoms with Crippen molar-refractivity contribution in [1.82, 2.24) is 0 Å². The van der Waals surface area contributed by atoms with Crippen molar-refractivity contribution in [2.24, 2.45) is 0 Å². The number of benzene rings is 1. The van der Waals surface area contributed by atoms with Gasteiger partial charge in [0, 0.05) is 22.7 Å². The van der Waals surface area contributed by atoms with Crippen molar-refractivity contribution in [3.8, 4) is 11.5 Å². The molecule has 2 aromatic rings. The van der Waals surface area contributed by atoms with Gasteiger partial charge in [0.15, 0.2) is 0 Å². The largest absolute Gasteiger partial charge is 0.497 e. The molecule has 0 saturated carbocycles. The van der Waals surface area contributed by atoms with Crippen LogP contribution < -0.4 is 15.2 Å². The Morgan fingerprint density at radius 1 is 1.25 bits per heavy atom. The van der Waals surface area contributed by atoms with Crippen molar-refractivity contribution in [3.05, 3.63) is 40.6 Å². The van der Waals surface area contributed by atoms with E-state index in [0.29, 0.717) is 6.61 Å². The first-order valence-electron chi connectivity index (χ1n) is 4.87. The van der Waals surface area contributed by atoms with Crippen molar-refractivity contribution in [1.29, 1.82) is 0 Å². The van der Waals surface area contributed by atoms with Crippen molar-refractivity contribution in [2.75, 3.05) is 12.8 Å². The van der Waals surface area contributed by atoms with E-state index < -0.39 is 0 Å². The molecule has 0 aliphatic carbocycles. The molecule has 0 bridgehead atoms. The van der Waals surface area contributed by atoms with E-state index in [1.54, 1.807) is 18.4 Å². The average Bonchev–Trinajstić information content (AvgIpc) is 2.72. The number of hydrogen-bond donors (Lipinski definition) is 1. The highest BCUT2D eigenvalue weighted by atomic mass is 32.1. The van der Waals surface area contributed by atoms with Crippen LogP contribution >= 0.6 is 11.3 Å². The zero-order chi connectivity index (χ0) is 11.4. The fourth-order valence-electron chi connectivity index (χ4n) is 1.30. The topological polar surface area (TPSA) is 44.5 Å². The summed E-state index contributed by atoms with van der Waals surface area (Å²) >= 11 is 1.58. The highest BCUT2D eigenvalue weighted by Crippen LogP contribution is 2.22. The summed E-state index contributed by atoms with van der Waals surface area (Å²) in [6, 6.07) is 7.52. The molecule has 2 N–H and O–H groups in total. The van der Waals surface area contributed by atoms with Crippen LogP contribution in [-0.4, -0.2) is 7.11 Å². The first kappa shape index (κ1) is 10.8. The van der Waals surface area contributed by atoms with Crippen molar-refractivity contribution < 1.29 is 9.47 Å². The lowest BCUT2D eigenvalue weighted by atomic mass is 10.3. The van der Waals surface area contributed by atoms with Gasteiger partial charge in [-0.25, -0.2) is 0 Å². The third kappa shape index (κ3) is 2.46. The molecule has 0 aliphatic heterocycles. The molecule has 0 aliphatic rings. The van der Waals surface area contributed by atoms with Crippen LogP contribution in [0.4, 0.5) is 5.69 Å². The molecule has 0 fully saturated rings. The maximum absolute atomic E-state index is 5.77. The molecule has 0 atom stereocenters. The molecule has 4 heteroatoms. The Morgan fingerprint density at radius 2 is 2.06 bits per heavy atom. The van der Waals surface area contributed by atoms with Gasteiger partial charge in [-0.1, -0.05) is 6.07 Å². The van der Waals surface area contributed by atoms with Crippen molar-refractivity contribution >= 4 is 17.0 Å². The molecule has 16 heavy (non-hydrogen) atoms. The zero-order valence-electron chi connectivity index (χ0n) is 8.97. The maximum Gasteiger partial charge on any atom is 0.123 e. The van der Waals surface area contributed by atoms with Gasteiger partial charge < -0.3 is 15.2 Å². The predicted molar refractivity (Wildman–Crippen MR) is 66.1 cm³/mol. The Morgan fingerprint density at radius 3 is 2.75 bits per heavy atom. The smallest absolute Gasteiger partial charge is 0.123 e. The summed E-state index contributed by atoms with van der Waals surface area (Å²) in [5.74, 6) is 1.57. The first-order chi connectivity index (χ1) is 7.79. The molecule has 2 rings (SSSR count). The average molecular weight is 235 g/mol. The number of nitrogen functional groups attached to an aromatic ring is 1. The summed E-state index contributed by atoms with van der Waals surface area (Å²) in [6.45, 7) is 0.489. The number of methoxy groups -OCH3 is 1. The second-order valence-electron chi connectivity index (χ2n) is 3.32. The van der Waals surface area contributed by atoms with Crippen LogP contribution in [0, 0.1) is 0 Å². The summed E-state index contributed by atoms with van der Waals surface area (Å²) in [4.78, 5) is 0. The minimum atomic E-state index is 0.489. The SMILES string of the molecule is COc1cccc(OCc2cscc2N)c1. The predicted octanol–water partition coefficient (Wildman–Crippen LogP) is 2.92. The van der Waals surface area contributed by atoms with E-state index in [-0.39, 0.29) is 0 Å². The Hall–Kier alpha value is -1.68. The lowest BCUT2D eigenvalue weighted by Gasteiger charge is -2.07. The zero-order valence-corrected chi connectivity index (χ0v) is 9.79. The van der Waals surface area contributed by atoms with Crippen LogP contribution in [0.1, 0.15) is 5.56 Å². The summed E-state index contributed by atoms with van der Waals surface area (Å²) in [5.41, 5.74) is 7.57. The van der Waals surface area contributed by atoms with Crippen molar-refractivity contribution in [2.45, 2.75) is 6.61 Å². The van der Waals surface area contributed by atoms with Crippen LogP contribution in [0.2, 0.25) is 0 Å². The molecule has 3 nitrogen and oxygen atoms in total. The van der Waals surface area contributed by atoms with E-state index in [9.17, 15) is 0 Å². The minimum Gasteiger partial charge on any atom is -0.497 e. The lowest BCUT2D eigenvalue weighted by Crippen LogP contribution is -1.97. The Labute approximate surface area is 98.4 Å². The van der Waals surface area contributed by atoms with Gasteiger partial charge in [0.25, 0.3) is 0 Å². The van der Waals surface area contributed by atoms with E-state index in [0.717, 1.165) is 22.7 Å². The van der Waals surface area contributed by atoms with Crippen LogP contribution in [0.5, 0.6) is 11.5 Å².